The molecule has 0 bridgehead atoms. The first kappa shape index (κ1) is 25.9. The Kier molecular flexibility index (Phi) is 7.07. The van der Waals surface area contributed by atoms with Gasteiger partial charge in [0.05, 0.1) is 25.8 Å². The van der Waals surface area contributed by atoms with Gasteiger partial charge in [-0.2, -0.15) is 0 Å². The molecule has 1 unspecified atom stereocenters. The Bertz CT molecular complexity index is 1330. The zero-order valence-electron chi connectivity index (χ0n) is 21.5. The molecule has 1 heterocycles. The molecule has 1 atom stereocenters. The Hall–Kier alpha value is -4.13. The van der Waals surface area contributed by atoms with Crippen LogP contribution in [0.3, 0.4) is 0 Å². The molecular weight excluding hydrogens is 473 g/mol. The van der Waals surface area contributed by atoms with Crippen molar-refractivity contribution in [3.05, 3.63) is 100 Å². The summed E-state index contributed by atoms with van der Waals surface area (Å²) >= 11 is 0. The molecule has 1 N–H and O–H groups in total. The predicted molar refractivity (Wildman–Crippen MR) is 139 cm³/mol. The molecular formula is C30H30FNO5. The minimum Gasteiger partial charge on any atom is -0.506 e. The molecule has 1 saturated heterocycles. The highest BCUT2D eigenvalue weighted by Crippen LogP contribution is 2.44. The second kappa shape index (κ2) is 10.1. The maximum absolute atomic E-state index is 13.5. The zero-order chi connectivity index (χ0) is 26.9. The van der Waals surface area contributed by atoms with E-state index < -0.39 is 23.5 Å². The summed E-state index contributed by atoms with van der Waals surface area (Å²) in [5.41, 5.74) is 2.40. The number of aliphatic hydroxyl groups is 1. The lowest BCUT2D eigenvalue weighted by Gasteiger charge is -2.27. The number of ketones is 1. The monoisotopic (exact) mass is 503 g/mol. The molecule has 1 aliphatic rings. The third-order valence-corrected chi connectivity index (χ3v) is 6.56. The zero-order valence-corrected chi connectivity index (χ0v) is 21.5. The van der Waals surface area contributed by atoms with Gasteiger partial charge in [0.25, 0.3) is 11.7 Å². The first-order chi connectivity index (χ1) is 17.6. The number of carbonyl (C=O) groups is 2. The molecule has 0 aliphatic carbocycles. The number of ether oxygens (including phenoxy) is 2. The van der Waals surface area contributed by atoms with E-state index in [0.29, 0.717) is 22.6 Å². The Morgan fingerprint density at radius 3 is 2.00 bits per heavy atom. The number of nitrogens with zero attached hydrogens (tertiary/aromatic N) is 1. The Balaban J connectivity index is 1.92. The van der Waals surface area contributed by atoms with Crippen LogP contribution in [0, 0.1) is 5.82 Å². The summed E-state index contributed by atoms with van der Waals surface area (Å²) in [4.78, 5) is 28.2. The first-order valence-corrected chi connectivity index (χ1v) is 11.9. The van der Waals surface area contributed by atoms with E-state index in [-0.39, 0.29) is 28.9 Å². The highest BCUT2D eigenvalue weighted by atomic mass is 19.1. The fraction of sp³-hybridized carbons (Fsp3) is 0.267. The van der Waals surface area contributed by atoms with Gasteiger partial charge in [-0.1, -0.05) is 63.2 Å². The molecule has 3 aromatic rings. The van der Waals surface area contributed by atoms with Crippen LogP contribution < -0.4 is 9.47 Å². The summed E-state index contributed by atoms with van der Waals surface area (Å²) in [5, 5.41) is 11.5. The summed E-state index contributed by atoms with van der Waals surface area (Å²) in [7, 11) is 2.89. The van der Waals surface area contributed by atoms with Crippen LogP contribution in [-0.4, -0.2) is 35.9 Å². The average molecular weight is 504 g/mol. The molecule has 1 amide bonds. The van der Waals surface area contributed by atoms with Gasteiger partial charge in [0, 0.05) is 6.54 Å². The van der Waals surface area contributed by atoms with E-state index in [9.17, 15) is 19.1 Å². The van der Waals surface area contributed by atoms with Crippen molar-refractivity contribution in [2.75, 3.05) is 14.2 Å². The SMILES string of the molecule is COc1cccc(OC)c1/C(O)=C1\C(=O)C(=O)N(Cc2ccc(F)cc2)C1c1ccc(C(C)(C)C)cc1. The van der Waals surface area contributed by atoms with Crippen molar-refractivity contribution in [2.24, 2.45) is 0 Å². The number of carbonyl (C=O) groups excluding carboxylic acids is 2. The van der Waals surface area contributed by atoms with Crippen molar-refractivity contribution in [2.45, 2.75) is 38.8 Å². The Morgan fingerprint density at radius 2 is 1.49 bits per heavy atom. The lowest BCUT2D eigenvalue weighted by Crippen LogP contribution is -2.29. The maximum Gasteiger partial charge on any atom is 0.295 e. The number of amides is 1. The van der Waals surface area contributed by atoms with Crippen LogP contribution in [0.2, 0.25) is 0 Å². The number of aliphatic hydroxyl groups excluding tert-OH is 1. The van der Waals surface area contributed by atoms with E-state index in [2.05, 4.69) is 20.8 Å². The number of halogens is 1. The van der Waals surface area contributed by atoms with Gasteiger partial charge in [-0.05, 0) is 46.4 Å². The van der Waals surface area contributed by atoms with E-state index in [4.69, 9.17) is 9.47 Å². The van der Waals surface area contributed by atoms with Gasteiger partial charge in [0.2, 0.25) is 0 Å². The number of likely N-dealkylation sites (tertiary alicyclic amines) is 1. The van der Waals surface area contributed by atoms with Gasteiger partial charge in [0.15, 0.2) is 0 Å². The number of methoxy groups -OCH3 is 2. The molecule has 1 fully saturated rings. The largest absolute Gasteiger partial charge is 0.506 e. The summed E-state index contributed by atoms with van der Waals surface area (Å²) in [6, 6.07) is 17.5. The number of hydrogen-bond donors (Lipinski definition) is 1. The van der Waals surface area contributed by atoms with Crippen LogP contribution in [0.25, 0.3) is 5.76 Å². The van der Waals surface area contributed by atoms with E-state index in [1.54, 1.807) is 30.3 Å². The summed E-state index contributed by atoms with van der Waals surface area (Å²) in [6.07, 6.45) is 0. The van der Waals surface area contributed by atoms with Gasteiger partial charge >= 0.3 is 0 Å². The van der Waals surface area contributed by atoms with Crippen LogP contribution in [0.5, 0.6) is 11.5 Å². The number of Topliss-reactive ketones (excluding diaryl/α,β-unsaturated/α-hetero) is 1. The fourth-order valence-corrected chi connectivity index (χ4v) is 4.56. The lowest BCUT2D eigenvalue weighted by molar-refractivity contribution is -0.140. The highest BCUT2D eigenvalue weighted by Gasteiger charge is 2.46. The summed E-state index contributed by atoms with van der Waals surface area (Å²) < 4.78 is 24.4. The van der Waals surface area contributed by atoms with Crippen LogP contribution in [0.15, 0.2) is 72.3 Å². The topological polar surface area (TPSA) is 76.1 Å². The van der Waals surface area contributed by atoms with Gasteiger partial charge < -0.3 is 19.5 Å². The van der Waals surface area contributed by atoms with Gasteiger partial charge in [0.1, 0.15) is 28.6 Å². The van der Waals surface area contributed by atoms with Crippen molar-refractivity contribution < 1.29 is 28.6 Å². The van der Waals surface area contributed by atoms with E-state index in [1.165, 1.54) is 31.3 Å². The number of rotatable bonds is 6. The van der Waals surface area contributed by atoms with Crippen LogP contribution >= 0.6 is 0 Å². The maximum atomic E-state index is 13.5. The van der Waals surface area contributed by atoms with Crippen molar-refractivity contribution in [1.82, 2.24) is 4.90 Å². The molecule has 0 saturated carbocycles. The van der Waals surface area contributed by atoms with Gasteiger partial charge in [-0.25, -0.2) is 4.39 Å². The molecule has 6 nitrogen and oxygen atoms in total. The van der Waals surface area contributed by atoms with Crippen molar-refractivity contribution in [1.29, 1.82) is 0 Å². The van der Waals surface area contributed by atoms with Crippen molar-refractivity contribution in [3.63, 3.8) is 0 Å². The third kappa shape index (κ3) is 4.94. The molecule has 0 radical (unpaired) electrons. The Labute approximate surface area is 215 Å². The van der Waals surface area contributed by atoms with Crippen molar-refractivity contribution in [3.8, 4) is 11.5 Å². The first-order valence-electron chi connectivity index (χ1n) is 11.9. The van der Waals surface area contributed by atoms with Crippen LogP contribution in [-0.2, 0) is 21.5 Å². The van der Waals surface area contributed by atoms with Gasteiger partial charge in [-0.3, -0.25) is 9.59 Å². The molecule has 192 valence electrons. The second-order valence-electron chi connectivity index (χ2n) is 9.96. The minimum absolute atomic E-state index is 0.0520. The molecule has 1 aliphatic heterocycles. The standard InChI is InChI=1S/C30H30FNO5/c1-30(2,3)20-13-11-19(12-14-20)26-25(27(33)24-22(36-4)7-6-8-23(24)37-5)28(34)29(35)32(26)17-18-9-15-21(31)16-10-18/h6-16,26,33H,17H2,1-5H3/b27-25+. The Morgan fingerprint density at radius 1 is 0.919 bits per heavy atom. The second-order valence-corrected chi connectivity index (χ2v) is 9.96. The third-order valence-electron chi connectivity index (χ3n) is 6.56. The van der Waals surface area contributed by atoms with E-state index >= 15 is 0 Å². The van der Waals surface area contributed by atoms with Crippen LogP contribution in [0.1, 0.15) is 49.1 Å². The van der Waals surface area contributed by atoms with E-state index in [0.717, 1.165) is 5.56 Å². The fourth-order valence-electron chi connectivity index (χ4n) is 4.56. The average Bonchev–Trinajstić information content (AvgIpc) is 3.13. The number of hydrogen-bond acceptors (Lipinski definition) is 5. The van der Waals surface area contributed by atoms with Crippen LogP contribution in [0.4, 0.5) is 4.39 Å². The predicted octanol–water partition coefficient (Wildman–Crippen LogP) is 5.76. The minimum atomic E-state index is -0.881. The van der Waals surface area contributed by atoms with Crippen molar-refractivity contribution >= 4 is 17.4 Å². The van der Waals surface area contributed by atoms with Gasteiger partial charge in [-0.15, -0.1) is 0 Å². The smallest absolute Gasteiger partial charge is 0.295 e. The van der Waals surface area contributed by atoms with E-state index in [1.807, 2.05) is 24.3 Å². The molecule has 37 heavy (non-hydrogen) atoms. The summed E-state index contributed by atoms with van der Waals surface area (Å²) in [5.74, 6) is -1.78. The highest BCUT2D eigenvalue weighted by molar-refractivity contribution is 6.46. The molecule has 3 aromatic carbocycles. The number of benzene rings is 3. The molecule has 7 heteroatoms. The summed E-state index contributed by atoms with van der Waals surface area (Å²) in [6.45, 7) is 6.33. The molecule has 0 spiro atoms. The quantitative estimate of drug-likeness (QED) is 0.263. The normalized spacial score (nSPS) is 17.2. The molecule has 4 rings (SSSR count). The molecule has 0 aromatic heterocycles. The lowest BCUT2D eigenvalue weighted by atomic mass is 9.85.